The van der Waals surface area contributed by atoms with Crippen LogP contribution in [-0.4, -0.2) is 36.2 Å². The van der Waals surface area contributed by atoms with Gasteiger partial charge < -0.3 is 14.7 Å². The molecule has 0 amide bonds. The maximum Gasteiger partial charge on any atom is 0.248 e. The number of fused-ring (bicyclic) bond motifs is 1. The number of hydrogen-bond acceptors (Lipinski definition) is 4. The van der Waals surface area contributed by atoms with Crippen LogP contribution in [0.5, 0.6) is 5.75 Å². The van der Waals surface area contributed by atoms with Gasteiger partial charge in [-0.3, -0.25) is 4.79 Å². The second-order valence-corrected chi connectivity index (χ2v) is 6.94. The standard InChI is InChI=1S/C19H17Cl2N3O2/c20-15-2-1-3-17(19(15)21)23-8-10-24(11-9-23)26-14-6-4-13-5-7-18(25)22-16(13)12-14/h1-7,12H,8-11H2,(H,22,25). The quantitative estimate of drug-likeness (QED) is 0.736. The highest BCUT2D eigenvalue weighted by Gasteiger charge is 2.21. The van der Waals surface area contributed by atoms with E-state index in [0.29, 0.717) is 15.8 Å². The highest BCUT2D eigenvalue weighted by atomic mass is 35.5. The topological polar surface area (TPSA) is 48.6 Å². The van der Waals surface area contributed by atoms with E-state index in [2.05, 4.69) is 9.88 Å². The average molecular weight is 390 g/mol. The molecule has 0 bridgehead atoms. The van der Waals surface area contributed by atoms with Gasteiger partial charge in [0.2, 0.25) is 5.56 Å². The van der Waals surface area contributed by atoms with E-state index >= 15 is 0 Å². The third-order valence-corrected chi connectivity index (χ3v) is 5.25. The van der Waals surface area contributed by atoms with E-state index in [9.17, 15) is 4.79 Å². The molecule has 2 heterocycles. The van der Waals surface area contributed by atoms with Crippen LogP contribution in [0.2, 0.25) is 10.0 Å². The zero-order chi connectivity index (χ0) is 18.1. The Labute approximate surface area is 160 Å². The Morgan fingerprint density at radius 3 is 2.54 bits per heavy atom. The molecule has 7 heteroatoms. The first-order valence-electron chi connectivity index (χ1n) is 8.35. The molecule has 0 unspecified atom stereocenters. The summed E-state index contributed by atoms with van der Waals surface area (Å²) in [5.41, 5.74) is 1.59. The summed E-state index contributed by atoms with van der Waals surface area (Å²) in [6, 6.07) is 14.7. The van der Waals surface area contributed by atoms with Gasteiger partial charge in [0, 0.05) is 25.2 Å². The fourth-order valence-electron chi connectivity index (χ4n) is 3.09. The van der Waals surface area contributed by atoms with Gasteiger partial charge in [-0.25, -0.2) is 0 Å². The molecule has 1 saturated heterocycles. The minimum Gasteiger partial charge on any atom is -0.406 e. The predicted octanol–water partition coefficient (Wildman–Crippen LogP) is 3.95. The molecule has 1 N–H and O–H groups in total. The molecule has 2 aromatic carbocycles. The predicted molar refractivity (Wildman–Crippen MR) is 105 cm³/mol. The number of anilines is 1. The molecule has 1 aromatic heterocycles. The minimum atomic E-state index is -0.123. The summed E-state index contributed by atoms with van der Waals surface area (Å²) in [5.74, 6) is 0.702. The van der Waals surface area contributed by atoms with Crippen molar-refractivity contribution in [3.8, 4) is 5.75 Å². The molecule has 0 atom stereocenters. The van der Waals surface area contributed by atoms with Crippen molar-refractivity contribution in [2.24, 2.45) is 0 Å². The van der Waals surface area contributed by atoms with Crippen LogP contribution in [0, 0.1) is 0 Å². The fourth-order valence-corrected chi connectivity index (χ4v) is 3.51. The fraction of sp³-hybridized carbons (Fsp3) is 0.211. The molecule has 134 valence electrons. The van der Waals surface area contributed by atoms with Crippen LogP contribution in [-0.2, 0) is 0 Å². The summed E-state index contributed by atoms with van der Waals surface area (Å²) in [7, 11) is 0. The molecular weight excluding hydrogens is 373 g/mol. The van der Waals surface area contributed by atoms with Crippen LogP contribution in [0.15, 0.2) is 53.3 Å². The van der Waals surface area contributed by atoms with Crippen LogP contribution in [0.25, 0.3) is 10.9 Å². The van der Waals surface area contributed by atoms with Gasteiger partial charge in [-0.2, -0.15) is 0 Å². The normalized spacial score (nSPS) is 15.4. The lowest BCUT2D eigenvalue weighted by Gasteiger charge is -2.35. The molecule has 0 spiro atoms. The Kier molecular flexibility index (Phi) is 4.76. The number of nitrogens with zero attached hydrogens (tertiary/aromatic N) is 2. The summed E-state index contributed by atoms with van der Waals surface area (Å²) in [6.07, 6.45) is 0. The van der Waals surface area contributed by atoms with E-state index in [1.54, 1.807) is 12.1 Å². The molecule has 4 rings (SSSR count). The molecule has 1 aliphatic rings. The van der Waals surface area contributed by atoms with Gasteiger partial charge in [-0.15, -0.1) is 5.06 Å². The van der Waals surface area contributed by atoms with Gasteiger partial charge in [0.25, 0.3) is 0 Å². The van der Waals surface area contributed by atoms with Gasteiger partial charge in [0.15, 0.2) is 0 Å². The van der Waals surface area contributed by atoms with Crippen LogP contribution >= 0.6 is 23.2 Å². The van der Waals surface area contributed by atoms with Crippen LogP contribution in [0.3, 0.4) is 0 Å². The highest BCUT2D eigenvalue weighted by molar-refractivity contribution is 6.43. The Balaban J connectivity index is 1.44. The third-order valence-electron chi connectivity index (χ3n) is 4.44. The van der Waals surface area contributed by atoms with Gasteiger partial charge in [-0.1, -0.05) is 29.3 Å². The first-order valence-corrected chi connectivity index (χ1v) is 9.11. The first kappa shape index (κ1) is 17.2. The summed E-state index contributed by atoms with van der Waals surface area (Å²) < 4.78 is 0. The molecule has 1 aliphatic heterocycles. The van der Waals surface area contributed by atoms with Crippen molar-refractivity contribution < 1.29 is 4.84 Å². The summed E-state index contributed by atoms with van der Waals surface area (Å²) >= 11 is 12.4. The monoisotopic (exact) mass is 389 g/mol. The number of hydroxylamine groups is 2. The molecule has 0 aliphatic carbocycles. The second-order valence-electron chi connectivity index (χ2n) is 6.15. The van der Waals surface area contributed by atoms with Crippen LogP contribution < -0.4 is 15.3 Å². The van der Waals surface area contributed by atoms with E-state index in [0.717, 1.165) is 42.8 Å². The Bertz CT molecular complexity index is 997. The number of piperazine rings is 1. The number of nitrogens with one attached hydrogen (secondary N) is 1. The van der Waals surface area contributed by atoms with Crippen molar-refractivity contribution in [2.45, 2.75) is 0 Å². The van der Waals surface area contributed by atoms with Crippen molar-refractivity contribution in [1.29, 1.82) is 0 Å². The van der Waals surface area contributed by atoms with Crippen molar-refractivity contribution >= 4 is 39.8 Å². The van der Waals surface area contributed by atoms with E-state index in [1.165, 1.54) is 6.07 Å². The molecule has 26 heavy (non-hydrogen) atoms. The van der Waals surface area contributed by atoms with Gasteiger partial charge >= 0.3 is 0 Å². The SMILES string of the molecule is O=c1ccc2ccc(ON3CCN(c4cccc(Cl)c4Cl)CC3)cc2[nH]1. The largest absolute Gasteiger partial charge is 0.406 e. The Hall–Kier alpha value is -2.21. The number of H-pyrrole nitrogens is 1. The van der Waals surface area contributed by atoms with Crippen LogP contribution in [0.1, 0.15) is 0 Å². The lowest BCUT2D eigenvalue weighted by molar-refractivity contribution is -0.0618. The lowest BCUT2D eigenvalue weighted by atomic mass is 10.2. The molecule has 0 saturated carbocycles. The lowest BCUT2D eigenvalue weighted by Crippen LogP contribution is -2.47. The minimum absolute atomic E-state index is 0.123. The first-order chi connectivity index (χ1) is 12.6. The highest BCUT2D eigenvalue weighted by Crippen LogP contribution is 2.33. The van der Waals surface area contributed by atoms with E-state index < -0.39 is 0 Å². The number of hydrogen-bond donors (Lipinski definition) is 1. The third kappa shape index (κ3) is 3.51. The number of halogens is 2. The molecule has 3 aromatic rings. The average Bonchev–Trinajstić information content (AvgIpc) is 2.64. The molecule has 0 radical (unpaired) electrons. The zero-order valence-corrected chi connectivity index (χ0v) is 15.4. The Morgan fingerprint density at radius 1 is 0.962 bits per heavy atom. The number of benzene rings is 2. The molecule has 1 fully saturated rings. The smallest absolute Gasteiger partial charge is 0.248 e. The maximum atomic E-state index is 11.5. The van der Waals surface area contributed by atoms with Crippen molar-refractivity contribution in [3.63, 3.8) is 0 Å². The van der Waals surface area contributed by atoms with Crippen molar-refractivity contribution in [2.75, 3.05) is 31.1 Å². The van der Waals surface area contributed by atoms with Crippen LogP contribution in [0.4, 0.5) is 5.69 Å². The van der Waals surface area contributed by atoms with Gasteiger partial charge in [-0.05, 0) is 35.7 Å². The Morgan fingerprint density at radius 2 is 1.73 bits per heavy atom. The summed E-state index contributed by atoms with van der Waals surface area (Å²) in [6.45, 7) is 3.02. The zero-order valence-electron chi connectivity index (χ0n) is 13.9. The second kappa shape index (κ2) is 7.19. The van der Waals surface area contributed by atoms with E-state index in [-0.39, 0.29) is 5.56 Å². The summed E-state index contributed by atoms with van der Waals surface area (Å²) in [4.78, 5) is 22.5. The van der Waals surface area contributed by atoms with Gasteiger partial charge in [0.05, 0.1) is 34.3 Å². The van der Waals surface area contributed by atoms with E-state index in [4.69, 9.17) is 28.0 Å². The van der Waals surface area contributed by atoms with Crippen molar-refractivity contribution in [1.82, 2.24) is 10.0 Å². The number of rotatable bonds is 3. The van der Waals surface area contributed by atoms with Gasteiger partial charge in [0.1, 0.15) is 5.75 Å². The number of pyridine rings is 1. The summed E-state index contributed by atoms with van der Waals surface area (Å²) in [5, 5.41) is 4.03. The van der Waals surface area contributed by atoms with Crippen molar-refractivity contribution in [3.05, 3.63) is 68.9 Å². The molecular formula is C19H17Cl2N3O2. The molecule has 5 nitrogen and oxygen atoms in total. The number of aromatic nitrogens is 1. The van der Waals surface area contributed by atoms with E-state index in [1.807, 2.05) is 35.4 Å². The maximum absolute atomic E-state index is 11.5. The number of aromatic amines is 1.